The molecule has 1 amide bonds. The first-order valence-electron chi connectivity index (χ1n) is 6.06. The van der Waals surface area contributed by atoms with E-state index in [0.29, 0.717) is 37.7 Å². The highest BCUT2D eigenvalue weighted by atomic mass is 16.5. The van der Waals surface area contributed by atoms with E-state index < -0.39 is 0 Å². The van der Waals surface area contributed by atoms with Crippen molar-refractivity contribution in [1.29, 1.82) is 0 Å². The van der Waals surface area contributed by atoms with Gasteiger partial charge in [0.25, 0.3) is 5.91 Å². The van der Waals surface area contributed by atoms with Crippen LogP contribution in [-0.4, -0.2) is 47.1 Å². The zero-order valence-corrected chi connectivity index (χ0v) is 10.3. The molecule has 0 atom stereocenters. The fraction of sp³-hybridized carbons (Fsp3) is 0.308. The number of carbonyl (C=O) groups is 1. The molecule has 0 bridgehead atoms. The Labute approximate surface area is 110 Å². The Morgan fingerprint density at radius 3 is 2.84 bits per heavy atom. The quantitative estimate of drug-likeness (QED) is 0.810. The van der Waals surface area contributed by atoms with Crippen LogP contribution in [0.4, 0.5) is 0 Å². The Kier molecular flexibility index (Phi) is 3.24. The number of rotatable bonds is 2. The van der Waals surface area contributed by atoms with Crippen LogP contribution in [0.15, 0.2) is 35.4 Å². The number of amides is 1. The number of furan rings is 1. The average Bonchev–Trinajstić information content (AvgIpc) is 3.02. The Balaban J connectivity index is 1.84. The standard InChI is InChI=1S/C13H13N3O3/c17-13(16-2-5-18-6-3-16)12-8-14-7-11(15-12)10-1-4-19-9-10/h1,4,7-9H,2-3,5-6H2. The molecule has 2 aromatic heterocycles. The molecule has 1 fully saturated rings. The first-order chi connectivity index (χ1) is 9.34. The lowest BCUT2D eigenvalue weighted by atomic mass is 10.2. The fourth-order valence-corrected chi connectivity index (χ4v) is 1.95. The molecular formula is C13H13N3O3. The van der Waals surface area contributed by atoms with Gasteiger partial charge in [-0.2, -0.15) is 0 Å². The molecule has 0 N–H and O–H groups in total. The molecule has 98 valence electrons. The minimum Gasteiger partial charge on any atom is -0.472 e. The normalized spacial score (nSPS) is 15.5. The maximum atomic E-state index is 12.3. The van der Waals surface area contributed by atoms with Crippen LogP contribution in [0.3, 0.4) is 0 Å². The maximum Gasteiger partial charge on any atom is 0.274 e. The average molecular weight is 259 g/mol. The molecule has 3 heterocycles. The van der Waals surface area contributed by atoms with Gasteiger partial charge in [-0.25, -0.2) is 4.98 Å². The summed E-state index contributed by atoms with van der Waals surface area (Å²) in [6.45, 7) is 2.33. The molecule has 0 unspecified atom stereocenters. The minimum absolute atomic E-state index is 0.110. The first kappa shape index (κ1) is 11.9. The molecular weight excluding hydrogens is 246 g/mol. The Morgan fingerprint density at radius 1 is 1.26 bits per heavy atom. The number of hydrogen-bond donors (Lipinski definition) is 0. The summed E-state index contributed by atoms with van der Waals surface area (Å²) in [5.41, 5.74) is 1.79. The third-order valence-corrected chi connectivity index (χ3v) is 2.97. The Hall–Kier alpha value is -2.21. The van der Waals surface area contributed by atoms with Gasteiger partial charge in [-0.15, -0.1) is 0 Å². The third-order valence-electron chi connectivity index (χ3n) is 2.97. The predicted molar refractivity (Wildman–Crippen MR) is 66.5 cm³/mol. The van der Waals surface area contributed by atoms with Gasteiger partial charge >= 0.3 is 0 Å². The maximum absolute atomic E-state index is 12.3. The summed E-state index contributed by atoms with van der Waals surface area (Å²) in [5, 5.41) is 0. The lowest BCUT2D eigenvalue weighted by Crippen LogP contribution is -2.41. The molecule has 2 aromatic rings. The summed E-state index contributed by atoms with van der Waals surface area (Å²) in [6, 6.07) is 1.78. The highest BCUT2D eigenvalue weighted by Crippen LogP contribution is 2.17. The number of morpholine rings is 1. The molecule has 0 radical (unpaired) electrons. The number of carbonyl (C=O) groups excluding carboxylic acids is 1. The molecule has 0 aliphatic carbocycles. The summed E-state index contributed by atoms with van der Waals surface area (Å²) in [7, 11) is 0. The second kappa shape index (κ2) is 5.19. The molecule has 19 heavy (non-hydrogen) atoms. The zero-order valence-electron chi connectivity index (χ0n) is 10.3. The largest absolute Gasteiger partial charge is 0.472 e. The number of nitrogens with zero attached hydrogens (tertiary/aromatic N) is 3. The van der Waals surface area contributed by atoms with Crippen molar-refractivity contribution >= 4 is 5.91 Å². The van der Waals surface area contributed by atoms with Crippen molar-refractivity contribution in [3.63, 3.8) is 0 Å². The molecule has 6 heteroatoms. The SMILES string of the molecule is O=C(c1cncc(-c2ccoc2)n1)N1CCOCC1. The summed E-state index contributed by atoms with van der Waals surface area (Å²) in [6.07, 6.45) is 6.24. The minimum atomic E-state index is -0.110. The molecule has 1 aliphatic rings. The van der Waals surface area contributed by atoms with E-state index in [4.69, 9.17) is 9.15 Å². The first-order valence-corrected chi connectivity index (χ1v) is 6.06. The van der Waals surface area contributed by atoms with Gasteiger partial charge in [-0.05, 0) is 6.07 Å². The van der Waals surface area contributed by atoms with Crippen LogP contribution in [0, 0.1) is 0 Å². The van der Waals surface area contributed by atoms with Crippen molar-refractivity contribution in [2.45, 2.75) is 0 Å². The summed E-state index contributed by atoms with van der Waals surface area (Å²) in [5.74, 6) is -0.110. The van der Waals surface area contributed by atoms with Crippen LogP contribution >= 0.6 is 0 Å². The number of aromatic nitrogens is 2. The summed E-state index contributed by atoms with van der Waals surface area (Å²) < 4.78 is 10.2. The van der Waals surface area contributed by atoms with Crippen molar-refractivity contribution in [2.24, 2.45) is 0 Å². The van der Waals surface area contributed by atoms with Gasteiger partial charge in [0, 0.05) is 18.7 Å². The molecule has 0 spiro atoms. The summed E-state index contributed by atoms with van der Waals surface area (Å²) >= 11 is 0. The topological polar surface area (TPSA) is 68.5 Å². The Morgan fingerprint density at radius 2 is 2.11 bits per heavy atom. The van der Waals surface area contributed by atoms with Crippen LogP contribution in [0.2, 0.25) is 0 Å². The number of ether oxygens (including phenoxy) is 1. The van der Waals surface area contributed by atoms with Gasteiger partial charge in [0.2, 0.25) is 0 Å². The fourth-order valence-electron chi connectivity index (χ4n) is 1.95. The van der Waals surface area contributed by atoms with Gasteiger partial charge in [-0.1, -0.05) is 0 Å². The van der Waals surface area contributed by atoms with Gasteiger partial charge in [0.1, 0.15) is 5.69 Å². The lowest BCUT2D eigenvalue weighted by molar-refractivity contribution is 0.0299. The van der Waals surface area contributed by atoms with Gasteiger partial charge in [0.15, 0.2) is 0 Å². The summed E-state index contributed by atoms with van der Waals surface area (Å²) in [4.78, 5) is 22.4. The lowest BCUT2D eigenvalue weighted by Gasteiger charge is -2.26. The van der Waals surface area contributed by atoms with Gasteiger partial charge < -0.3 is 14.1 Å². The Bertz CT molecular complexity index is 562. The van der Waals surface area contributed by atoms with Crippen LogP contribution in [0.5, 0.6) is 0 Å². The molecule has 3 rings (SSSR count). The smallest absolute Gasteiger partial charge is 0.274 e. The molecule has 6 nitrogen and oxygen atoms in total. The third kappa shape index (κ3) is 2.48. The highest BCUT2D eigenvalue weighted by Gasteiger charge is 2.20. The van der Waals surface area contributed by atoms with E-state index in [1.165, 1.54) is 6.20 Å². The molecule has 1 saturated heterocycles. The van der Waals surface area contributed by atoms with Gasteiger partial charge in [0.05, 0.1) is 43.8 Å². The van der Waals surface area contributed by atoms with Crippen LogP contribution < -0.4 is 0 Å². The van der Waals surface area contributed by atoms with Gasteiger partial charge in [-0.3, -0.25) is 9.78 Å². The van der Waals surface area contributed by atoms with E-state index in [1.807, 2.05) is 0 Å². The van der Waals surface area contributed by atoms with E-state index in [1.54, 1.807) is 29.7 Å². The number of hydrogen-bond acceptors (Lipinski definition) is 5. The molecule has 0 saturated carbocycles. The van der Waals surface area contributed by atoms with Crippen LogP contribution in [0.1, 0.15) is 10.5 Å². The highest BCUT2D eigenvalue weighted by molar-refractivity contribution is 5.92. The second-order valence-electron chi connectivity index (χ2n) is 4.21. The molecule has 1 aliphatic heterocycles. The predicted octanol–water partition coefficient (Wildman–Crippen LogP) is 1.21. The van der Waals surface area contributed by atoms with Crippen molar-refractivity contribution in [3.8, 4) is 11.3 Å². The second-order valence-corrected chi connectivity index (χ2v) is 4.21. The zero-order chi connectivity index (χ0) is 13.1. The van der Waals surface area contributed by atoms with Crippen molar-refractivity contribution < 1.29 is 13.9 Å². The van der Waals surface area contributed by atoms with Crippen molar-refractivity contribution in [2.75, 3.05) is 26.3 Å². The van der Waals surface area contributed by atoms with E-state index in [0.717, 1.165) is 5.56 Å². The molecule has 0 aromatic carbocycles. The van der Waals surface area contributed by atoms with E-state index >= 15 is 0 Å². The van der Waals surface area contributed by atoms with Crippen LogP contribution in [-0.2, 0) is 4.74 Å². The van der Waals surface area contributed by atoms with E-state index in [9.17, 15) is 4.79 Å². The van der Waals surface area contributed by atoms with E-state index in [2.05, 4.69) is 9.97 Å². The van der Waals surface area contributed by atoms with Crippen LogP contribution in [0.25, 0.3) is 11.3 Å². The van der Waals surface area contributed by atoms with E-state index in [-0.39, 0.29) is 5.91 Å². The monoisotopic (exact) mass is 259 g/mol. The van der Waals surface area contributed by atoms with Crippen molar-refractivity contribution in [3.05, 3.63) is 36.7 Å². The van der Waals surface area contributed by atoms with Crippen molar-refractivity contribution in [1.82, 2.24) is 14.9 Å².